The number of aromatic nitrogens is 2. The minimum atomic E-state index is -0.135. The van der Waals surface area contributed by atoms with E-state index in [0.29, 0.717) is 17.8 Å². The number of hydrogen-bond donors (Lipinski definition) is 1. The number of benzene rings is 2. The summed E-state index contributed by atoms with van der Waals surface area (Å²) in [6.07, 6.45) is 0.792. The van der Waals surface area contributed by atoms with Gasteiger partial charge in [-0.15, -0.1) is 0 Å². The van der Waals surface area contributed by atoms with Crippen LogP contribution in [0.3, 0.4) is 0 Å². The molecule has 1 aliphatic heterocycles. The van der Waals surface area contributed by atoms with E-state index in [9.17, 15) is 4.79 Å². The summed E-state index contributed by atoms with van der Waals surface area (Å²) in [6.45, 7) is 0.607. The van der Waals surface area contributed by atoms with E-state index < -0.39 is 0 Å². The molecule has 0 spiro atoms. The van der Waals surface area contributed by atoms with Gasteiger partial charge in [-0.05, 0) is 42.3 Å². The molecule has 4 rings (SSSR count). The van der Waals surface area contributed by atoms with E-state index in [-0.39, 0.29) is 5.91 Å². The van der Waals surface area contributed by atoms with Gasteiger partial charge in [0.1, 0.15) is 5.69 Å². The number of carbonyl (C=O) groups is 1. The van der Waals surface area contributed by atoms with Crippen molar-refractivity contribution in [3.05, 3.63) is 69.8 Å². The molecule has 2 aromatic carbocycles. The summed E-state index contributed by atoms with van der Waals surface area (Å²) in [5.41, 5.74) is 4.55. The van der Waals surface area contributed by atoms with Gasteiger partial charge in [0.05, 0.1) is 17.3 Å². The van der Waals surface area contributed by atoms with Crippen LogP contribution >= 0.6 is 15.9 Å². The van der Waals surface area contributed by atoms with Gasteiger partial charge < -0.3 is 4.90 Å². The van der Waals surface area contributed by atoms with Crippen molar-refractivity contribution in [1.29, 1.82) is 5.26 Å². The van der Waals surface area contributed by atoms with Crippen LogP contribution in [0.1, 0.15) is 21.6 Å². The highest BCUT2D eigenvalue weighted by atomic mass is 79.9. The third-order valence-electron chi connectivity index (χ3n) is 4.30. The van der Waals surface area contributed by atoms with Gasteiger partial charge in [-0.3, -0.25) is 9.89 Å². The van der Waals surface area contributed by atoms with Gasteiger partial charge in [0.25, 0.3) is 5.91 Å². The smallest absolute Gasteiger partial charge is 0.276 e. The van der Waals surface area contributed by atoms with E-state index in [1.807, 2.05) is 30.3 Å². The van der Waals surface area contributed by atoms with Crippen molar-refractivity contribution >= 4 is 27.5 Å². The Morgan fingerprint density at radius 2 is 2.00 bits per heavy atom. The fourth-order valence-corrected chi connectivity index (χ4v) is 3.27. The zero-order valence-corrected chi connectivity index (χ0v) is 14.7. The zero-order valence-electron chi connectivity index (χ0n) is 13.2. The predicted molar refractivity (Wildman–Crippen MR) is 98.3 cm³/mol. The van der Waals surface area contributed by atoms with Crippen LogP contribution in [0.4, 0.5) is 5.69 Å². The van der Waals surface area contributed by atoms with Gasteiger partial charge in [-0.2, -0.15) is 10.4 Å². The largest absolute Gasteiger partial charge is 0.306 e. The monoisotopic (exact) mass is 392 g/mol. The molecule has 25 heavy (non-hydrogen) atoms. The van der Waals surface area contributed by atoms with Gasteiger partial charge in [0, 0.05) is 22.3 Å². The fraction of sp³-hybridized carbons (Fsp3) is 0.105. The summed E-state index contributed by atoms with van der Waals surface area (Å²) < 4.78 is 0.991. The topological polar surface area (TPSA) is 72.8 Å². The van der Waals surface area contributed by atoms with E-state index >= 15 is 0 Å². The molecule has 0 radical (unpaired) electrons. The summed E-state index contributed by atoms with van der Waals surface area (Å²) in [4.78, 5) is 14.6. The molecular formula is C19H13BrN4O. The number of hydrogen-bond acceptors (Lipinski definition) is 3. The normalized spacial score (nSPS) is 12.7. The summed E-state index contributed by atoms with van der Waals surface area (Å²) in [7, 11) is 0. The van der Waals surface area contributed by atoms with Crippen molar-refractivity contribution in [3.63, 3.8) is 0 Å². The highest BCUT2D eigenvalue weighted by Gasteiger charge is 2.27. The second kappa shape index (κ2) is 6.19. The fourth-order valence-electron chi connectivity index (χ4n) is 3.00. The molecule has 1 N–H and O–H groups in total. The molecule has 3 aromatic rings. The van der Waals surface area contributed by atoms with Gasteiger partial charge in [0.2, 0.25) is 0 Å². The number of nitrogens with one attached hydrogen (secondary N) is 1. The lowest BCUT2D eigenvalue weighted by Crippen LogP contribution is -2.29. The minimum absolute atomic E-state index is 0.135. The third-order valence-corrected chi connectivity index (χ3v) is 4.83. The van der Waals surface area contributed by atoms with Crippen molar-refractivity contribution in [2.75, 3.05) is 11.4 Å². The second-order valence-corrected chi connectivity index (χ2v) is 6.75. The Kier molecular flexibility index (Phi) is 3.86. The van der Waals surface area contributed by atoms with Crippen LogP contribution in [-0.4, -0.2) is 22.6 Å². The summed E-state index contributed by atoms with van der Waals surface area (Å²) in [5.74, 6) is -0.135. The number of nitrogens with zero attached hydrogens (tertiary/aromatic N) is 3. The Balaban J connectivity index is 1.63. The molecule has 2 heterocycles. The maximum Gasteiger partial charge on any atom is 0.276 e. The first-order valence-electron chi connectivity index (χ1n) is 7.82. The lowest BCUT2D eigenvalue weighted by atomic mass is 10.1. The van der Waals surface area contributed by atoms with Crippen molar-refractivity contribution in [2.45, 2.75) is 6.42 Å². The molecule has 1 aliphatic rings. The minimum Gasteiger partial charge on any atom is -0.306 e. The number of carbonyl (C=O) groups excluding carboxylic acids is 1. The lowest BCUT2D eigenvalue weighted by Gasteiger charge is -2.16. The Morgan fingerprint density at radius 3 is 2.76 bits per heavy atom. The highest BCUT2D eigenvalue weighted by molar-refractivity contribution is 9.10. The van der Waals surface area contributed by atoms with Gasteiger partial charge >= 0.3 is 0 Å². The van der Waals surface area contributed by atoms with Crippen molar-refractivity contribution in [1.82, 2.24) is 10.2 Å². The molecule has 0 aliphatic carbocycles. The first kappa shape index (κ1) is 15.6. The van der Waals surface area contributed by atoms with Crippen LogP contribution in [0.25, 0.3) is 11.3 Å². The van der Waals surface area contributed by atoms with Crippen LogP contribution in [0.15, 0.2) is 53.0 Å². The quantitative estimate of drug-likeness (QED) is 0.718. The number of anilines is 1. The van der Waals surface area contributed by atoms with Crippen molar-refractivity contribution in [2.24, 2.45) is 0 Å². The molecule has 0 saturated carbocycles. The number of nitriles is 1. The first-order chi connectivity index (χ1) is 12.2. The van der Waals surface area contributed by atoms with Gasteiger partial charge in [-0.1, -0.05) is 34.1 Å². The molecule has 0 fully saturated rings. The molecule has 0 bridgehead atoms. The molecule has 0 unspecified atom stereocenters. The van der Waals surface area contributed by atoms with Crippen molar-refractivity contribution < 1.29 is 4.79 Å². The van der Waals surface area contributed by atoms with E-state index in [4.69, 9.17) is 5.26 Å². The number of H-pyrrole nitrogens is 1. The molecule has 1 aromatic heterocycles. The Morgan fingerprint density at radius 1 is 1.20 bits per heavy atom. The van der Waals surface area contributed by atoms with E-state index in [1.165, 1.54) is 0 Å². The summed E-state index contributed by atoms with van der Waals surface area (Å²) >= 11 is 3.41. The molecule has 5 nitrogen and oxygen atoms in total. The predicted octanol–water partition coefficient (Wildman–Crippen LogP) is 3.91. The molecule has 1 amide bonds. The van der Waals surface area contributed by atoms with E-state index in [2.05, 4.69) is 32.2 Å². The van der Waals surface area contributed by atoms with Crippen LogP contribution in [0.5, 0.6) is 0 Å². The SMILES string of the molecule is N#Cc1ccc2c(c1)N(C(=O)c1cc(-c3ccc(Br)cc3)n[nH]1)CC2. The van der Waals surface area contributed by atoms with Crippen LogP contribution in [0, 0.1) is 11.3 Å². The van der Waals surface area contributed by atoms with Crippen LogP contribution < -0.4 is 4.90 Å². The average molecular weight is 393 g/mol. The Labute approximate surface area is 153 Å². The summed E-state index contributed by atoms with van der Waals surface area (Å²) in [6, 6.07) is 17.1. The van der Waals surface area contributed by atoms with E-state index in [1.54, 1.807) is 23.1 Å². The number of aromatic amines is 1. The highest BCUT2D eigenvalue weighted by Crippen LogP contribution is 2.30. The lowest BCUT2D eigenvalue weighted by molar-refractivity contribution is 0.0984. The number of rotatable bonds is 2. The standard InChI is InChI=1S/C19H13BrN4O/c20-15-5-3-13(4-6-15)16-10-17(23-22-16)19(25)24-8-7-14-2-1-12(11-21)9-18(14)24/h1-6,9-10H,7-8H2,(H,22,23). The van der Waals surface area contributed by atoms with Gasteiger partial charge in [-0.25, -0.2) is 0 Å². The third kappa shape index (κ3) is 2.83. The number of fused-ring (bicyclic) bond motifs is 1. The second-order valence-electron chi connectivity index (χ2n) is 5.84. The number of halogens is 1. The summed E-state index contributed by atoms with van der Waals surface area (Å²) in [5, 5.41) is 16.2. The van der Waals surface area contributed by atoms with Crippen LogP contribution in [-0.2, 0) is 6.42 Å². The average Bonchev–Trinajstić information content (AvgIpc) is 3.28. The molecule has 0 saturated heterocycles. The van der Waals surface area contributed by atoms with Crippen molar-refractivity contribution in [3.8, 4) is 17.3 Å². The van der Waals surface area contributed by atoms with Crippen LogP contribution in [0.2, 0.25) is 0 Å². The Hall–Kier alpha value is -2.91. The number of amides is 1. The van der Waals surface area contributed by atoms with Gasteiger partial charge in [0.15, 0.2) is 0 Å². The zero-order chi connectivity index (χ0) is 17.4. The molecule has 122 valence electrons. The molecular weight excluding hydrogens is 380 g/mol. The molecule has 0 atom stereocenters. The maximum absolute atomic E-state index is 12.9. The Bertz CT molecular complexity index is 1000. The maximum atomic E-state index is 12.9. The molecule has 6 heteroatoms. The van der Waals surface area contributed by atoms with E-state index in [0.717, 1.165) is 33.4 Å². The first-order valence-corrected chi connectivity index (χ1v) is 8.61.